The lowest BCUT2D eigenvalue weighted by molar-refractivity contribution is -0.132. The van der Waals surface area contributed by atoms with Crippen LogP contribution >= 0.6 is 12.4 Å². The zero-order chi connectivity index (χ0) is 17.4. The lowest BCUT2D eigenvalue weighted by Gasteiger charge is -2.32. The highest BCUT2D eigenvalue weighted by Crippen LogP contribution is 2.20. The molecule has 25 heavy (non-hydrogen) atoms. The molecule has 7 heteroatoms. The van der Waals surface area contributed by atoms with Gasteiger partial charge in [0.1, 0.15) is 5.82 Å². The number of likely N-dealkylation sites (tertiary alicyclic amines) is 1. The van der Waals surface area contributed by atoms with Crippen molar-refractivity contribution >= 4 is 24.2 Å². The summed E-state index contributed by atoms with van der Waals surface area (Å²) in [6.45, 7) is 2.93. The number of piperidine rings is 1. The van der Waals surface area contributed by atoms with Gasteiger partial charge in [0.2, 0.25) is 5.91 Å². The first-order valence-corrected chi connectivity index (χ1v) is 8.56. The van der Waals surface area contributed by atoms with Crippen molar-refractivity contribution in [1.82, 2.24) is 15.5 Å². The van der Waals surface area contributed by atoms with Crippen LogP contribution in [-0.2, 0) is 4.79 Å². The minimum Gasteiger partial charge on any atom is -0.352 e. The third-order valence-electron chi connectivity index (χ3n) is 4.50. The molecule has 0 saturated carbocycles. The Morgan fingerprint density at radius 3 is 2.40 bits per heavy atom. The first-order chi connectivity index (χ1) is 11.6. The van der Waals surface area contributed by atoms with Crippen molar-refractivity contribution in [2.45, 2.75) is 25.7 Å². The molecule has 0 radical (unpaired) electrons. The van der Waals surface area contributed by atoms with Crippen molar-refractivity contribution in [3.05, 3.63) is 35.6 Å². The highest BCUT2D eigenvalue weighted by Gasteiger charge is 2.22. The van der Waals surface area contributed by atoms with Crippen LogP contribution in [0.5, 0.6) is 0 Å². The van der Waals surface area contributed by atoms with Crippen LogP contribution in [0.4, 0.5) is 4.39 Å². The lowest BCUT2D eigenvalue weighted by atomic mass is 9.93. The van der Waals surface area contributed by atoms with E-state index >= 15 is 0 Å². The molecule has 1 saturated heterocycles. The summed E-state index contributed by atoms with van der Waals surface area (Å²) in [4.78, 5) is 26.0. The number of carbonyl (C=O) groups is 2. The van der Waals surface area contributed by atoms with Gasteiger partial charge in [0.05, 0.1) is 0 Å². The van der Waals surface area contributed by atoms with Crippen LogP contribution in [0.2, 0.25) is 0 Å². The monoisotopic (exact) mass is 371 g/mol. The van der Waals surface area contributed by atoms with Crippen LogP contribution in [0, 0.1) is 11.7 Å². The van der Waals surface area contributed by atoms with Gasteiger partial charge in [-0.05, 0) is 63.0 Å². The summed E-state index contributed by atoms with van der Waals surface area (Å²) < 4.78 is 12.8. The average molecular weight is 372 g/mol. The van der Waals surface area contributed by atoms with Crippen LogP contribution in [0.25, 0.3) is 0 Å². The summed E-state index contributed by atoms with van der Waals surface area (Å²) in [5.74, 6) is 0.120. The van der Waals surface area contributed by atoms with Gasteiger partial charge in [0, 0.05) is 31.6 Å². The van der Waals surface area contributed by atoms with E-state index in [2.05, 4.69) is 10.6 Å². The second kappa shape index (κ2) is 11.1. The standard InChI is InChI=1S/C18H26FN3O2.ClH/c1-20-10-6-14-8-12-22(13-9-14)17(23)7-11-21-18(24)15-2-4-16(19)5-3-15;/h2-5,14,20H,6-13H2,1H3,(H,21,24);1H. The van der Waals surface area contributed by atoms with Crippen LogP contribution < -0.4 is 10.6 Å². The Hall–Kier alpha value is -1.66. The van der Waals surface area contributed by atoms with E-state index in [1.54, 1.807) is 0 Å². The SMILES string of the molecule is CNCCC1CCN(C(=O)CCNC(=O)c2ccc(F)cc2)CC1.Cl. The molecule has 1 aliphatic rings. The third-order valence-corrected chi connectivity index (χ3v) is 4.50. The number of halogens is 2. The molecule has 140 valence electrons. The molecule has 0 spiro atoms. The molecule has 0 bridgehead atoms. The molecule has 2 rings (SSSR count). The Balaban J connectivity index is 0.00000312. The number of nitrogens with one attached hydrogen (secondary N) is 2. The molecular weight excluding hydrogens is 345 g/mol. The van der Waals surface area contributed by atoms with E-state index in [4.69, 9.17) is 0 Å². The van der Waals surface area contributed by atoms with Gasteiger partial charge in [-0.1, -0.05) is 0 Å². The summed E-state index contributed by atoms with van der Waals surface area (Å²) in [6, 6.07) is 5.36. The normalized spacial score (nSPS) is 14.7. The summed E-state index contributed by atoms with van der Waals surface area (Å²) >= 11 is 0. The quantitative estimate of drug-likeness (QED) is 0.772. The second-order valence-corrected chi connectivity index (χ2v) is 6.23. The molecular formula is C18H27ClFN3O2. The zero-order valence-electron chi connectivity index (χ0n) is 14.6. The van der Waals surface area contributed by atoms with Crippen molar-refractivity contribution in [2.75, 3.05) is 33.2 Å². The molecule has 0 aromatic heterocycles. The number of hydrogen-bond acceptors (Lipinski definition) is 3. The van der Waals surface area contributed by atoms with Crippen molar-refractivity contribution in [3.63, 3.8) is 0 Å². The van der Waals surface area contributed by atoms with Gasteiger partial charge in [-0.25, -0.2) is 4.39 Å². The highest BCUT2D eigenvalue weighted by atomic mass is 35.5. The van der Waals surface area contributed by atoms with Crippen molar-refractivity contribution in [3.8, 4) is 0 Å². The molecule has 5 nitrogen and oxygen atoms in total. The zero-order valence-corrected chi connectivity index (χ0v) is 15.4. The second-order valence-electron chi connectivity index (χ2n) is 6.23. The van der Waals surface area contributed by atoms with Crippen molar-refractivity contribution in [2.24, 2.45) is 5.92 Å². The topological polar surface area (TPSA) is 61.4 Å². The number of rotatable bonds is 7. The summed E-state index contributed by atoms with van der Waals surface area (Å²) in [5, 5.41) is 5.87. The van der Waals surface area contributed by atoms with E-state index in [1.807, 2.05) is 11.9 Å². The van der Waals surface area contributed by atoms with Gasteiger partial charge in [-0.15, -0.1) is 12.4 Å². The predicted molar refractivity (Wildman–Crippen MR) is 98.4 cm³/mol. The van der Waals surface area contributed by atoms with E-state index in [-0.39, 0.29) is 30.0 Å². The number of benzene rings is 1. The maximum Gasteiger partial charge on any atom is 0.251 e. The molecule has 1 fully saturated rings. The van der Waals surface area contributed by atoms with Crippen LogP contribution in [-0.4, -0.2) is 49.9 Å². The van der Waals surface area contributed by atoms with E-state index in [9.17, 15) is 14.0 Å². The maximum atomic E-state index is 12.8. The Kier molecular flexibility index (Phi) is 9.45. The largest absolute Gasteiger partial charge is 0.352 e. The van der Waals surface area contributed by atoms with Crippen molar-refractivity contribution in [1.29, 1.82) is 0 Å². The molecule has 1 aromatic rings. The Morgan fingerprint density at radius 1 is 1.16 bits per heavy atom. The Bertz CT molecular complexity index is 546. The molecule has 1 heterocycles. The van der Waals surface area contributed by atoms with E-state index in [1.165, 1.54) is 24.3 Å². The molecule has 1 aromatic carbocycles. The van der Waals surface area contributed by atoms with E-state index < -0.39 is 0 Å². The predicted octanol–water partition coefficient (Wildman–Crippen LogP) is 2.22. The molecule has 0 atom stereocenters. The molecule has 1 aliphatic heterocycles. The fraction of sp³-hybridized carbons (Fsp3) is 0.556. The minimum absolute atomic E-state index is 0. The van der Waals surface area contributed by atoms with Gasteiger partial charge < -0.3 is 15.5 Å². The van der Waals surface area contributed by atoms with Crippen LogP contribution in [0.1, 0.15) is 36.0 Å². The molecule has 0 unspecified atom stereocenters. The molecule has 0 aliphatic carbocycles. The highest BCUT2D eigenvalue weighted by molar-refractivity contribution is 5.94. The first-order valence-electron chi connectivity index (χ1n) is 8.56. The van der Waals surface area contributed by atoms with Crippen molar-refractivity contribution < 1.29 is 14.0 Å². The van der Waals surface area contributed by atoms with Gasteiger partial charge in [0.25, 0.3) is 5.91 Å². The minimum atomic E-state index is -0.375. The Morgan fingerprint density at radius 2 is 1.80 bits per heavy atom. The summed E-state index contributed by atoms with van der Waals surface area (Å²) in [7, 11) is 1.96. The van der Waals surface area contributed by atoms with E-state index in [0.717, 1.165) is 38.9 Å². The number of amides is 2. The number of nitrogens with zero attached hydrogens (tertiary/aromatic N) is 1. The van der Waals surface area contributed by atoms with Crippen LogP contribution in [0.15, 0.2) is 24.3 Å². The van der Waals surface area contributed by atoms with E-state index in [0.29, 0.717) is 24.4 Å². The average Bonchev–Trinajstić information content (AvgIpc) is 2.60. The summed E-state index contributed by atoms with van der Waals surface area (Å²) in [5.41, 5.74) is 0.397. The van der Waals surface area contributed by atoms with Crippen LogP contribution in [0.3, 0.4) is 0 Å². The smallest absolute Gasteiger partial charge is 0.251 e. The number of hydrogen-bond donors (Lipinski definition) is 2. The molecule has 2 amide bonds. The maximum absolute atomic E-state index is 12.8. The van der Waals surface area contributed by atoms with Gasteiger partial charge in [0.15, 0.2) is 0 Å². The first kappa shape index (κ1) is 21.4. The third kappa shape index (κ3) is 7.00. The Labute approximate surface area is 154 Å². The van der Waals surface area contributed by atoms with Gasteiger partial charge in [-0.3, -0.25) is 9.59 Å². The fourth-order valence-electron chi connectivity index (χ4n) is 2.96. The fourth-order valence-corrected chi connectivity index (χ4v) is 2.96. The molecule has 2 N–H and O–H groups in total. The lowest BCUT2D eigenvalue weighted by Crippen LogP contribution is -2.40. The van der Waals surface area contributed by atoms with Gasteiger partial charge in [-0.2, -0.15) is 0 Å². The number of carbonyl (C=O) groups excluding carboxylic acids is 2. The van der Waals surface area contributed by atoms with Gasteiger partial charge >= 0.3 is 0 Å². The summed E-state index contributed by atoms with van der Waals surface area (Å²) in [6.07, 6.45) is 3.56.